The number of ketones is 1. The van der Waals surface area contributed by atoms with E-state index in [4.69, 9.17) is 5.41 Å². The van der Waals surface area contributed by atoms with Gasteiger partial charge in [-0.2, -0.15) is 0 Å². The standard InChI is InChI=1S/C18H25N.C3H6O.C2H6/c1-5-14-10-16(11-19)18(13(4)17(14)6-2)9-12(3)15-7-8-15;1-3(2)4;1-2/h9-11,15,19H,5-8H2,1-4H3;1-2H3;1-2H3/b12-9+,19-11?;;. The van der Waals surface area contributed by atoms with Gasteiger partial charge in [0.25, 0.3) is 0 Å². The van der Waals surface area contributed by atoms with Gasteiger partial charge in [0, 0.05) is 6.21 Å². The molecule has 0 spiro atoms. The Morgan fingerprint density at radius 2 is 1.68 bits per heavy atom. The Balaban J connectivity index is 0.000000845. The Hall–Kier alpha value is -1.70. The molecule has 0 aliphatic heterocycles. The molecule has 0 aromatic heterocycles. The highest BCUT2D eigenvalue weighted by Gasteiger charge is 2.23. The summed E-state index contributed by atoms with van der Waals surface area (Å²) in [5, 5.41) is 7.69. The summed E-state index contributed by atoms with van der Waals surface area (Å²) in [5.41, 5.74) is 8.08. The average Bonchev–Trinajstić information content (AvgIpc) is 3.42. The summed E-state index contributed by atoms with van der Waals surface area (Å²) >= 11 is 0. The molecule has 0 heterocycles. The van der Waals surface area contributed by atoms with E-state index < -0.39 is 0 Å². The molecule has 140 valence electrons. The molecule has 1 aliphatic rings. The van der Waals surface area contributed by atoms with Crippen LogP contribution in [0, 0.1) is 18.3 Å². The van der Waals surface area contributed by atoms with Crippen molar-refractivity contribution in [2.75, 3.05) is 0 Å². The van der Waals surface area contributed by atoms with Crippen LogP contribution in [0.5, 0.6) is 0 Å². The summed E-state index contributed by atoms with van der Waals surface area (Å²) in [6.07, 6.45) is 8.65. The van der Waals surface area contributed by atoms with E-state index in [1.165, 1.54) is 60.7 Å². The number of rotatable bonds is 5. The van der Waals surface area contributed by atoms with Crippen molar-refractivity contribution in [3.05, 3.63) is 39.5 Å². The molecule has 1 N–H and O–H groups in total. The first-order valence-electron chi connectivity index (χ1n) is 9.66. The Labute approximate surface area is 155 Å². The third-order valence-corrected chi connectivity index (χ3v) is 4.37. The molecule has 1 aromatic carbocycles. The zero-order chi connectivity index (χ0) is 19.6. The highest BCUT2D eigenvalue weighted by atomic mass is 16.1. The molecular weight excluding hydrogens is 306 g/mol. The lowest BCUT2D eigenvalue weighted by Gasteiger charge is -2.16. The summed E-state index contributed by atoms with van der Waals surface area (Å²) < 4.78 is 0. The van der Waals surface area contributed by atoms with Gasteiger partial charge in [0.2, 0.25) is 0 Å². The minimum atomic E-state index is 0.167. The van der Waals surface area contributed by atoms with Crippen LogP contribution in [-0.4, -0.2) is 12.0 Å². The average molecular weight is 344 g/mol. The van der Waals surface area contributed by atoms with Crippen molar-refractivity contribution < 1.29 is 4.79 Å². The van der Waals surface area contributed by atoms with Crippen LogP contribution in [-0.2, 0) is 17.6 Å². The minimum Gasteiger partial charge on any atom is -0.308 e. The van der Waals surface area contributed by atoms with Crippen molar-refractivity contribution in [3.8, 4) is 0 Å². The third-order valence-electron chi connectivity index (χ3n) is 4.37. The molecule has 2 rings (SSSR count). The van der Waals surface area contributed by atoms with E-state index in [0.717, 1.165) is 24.3 Å². The predicted molar refractivity (Wildman–Crippen MR) is 112 cm³/mol. The molecule has 0 radical (unpaired) electrons. The Bertz CT molecular complexity index is 603. The zero-order valence-electron chi connectivity index (χ0n) is 17.5. The fraction of sp³-hybridized carbons (Fsp3) is 0.565. The second-order valence-electron chi connectivity index (χ2n) is 6.56. The van der Waals surface area contributed by atoms with Crippen molar-refractivity contribution in [2.24, 2.45) is 5.92 Å². The first kappa shape index (κ1) is 23.3. The molecule has 0 atom stereocenters. The van der Waals surface area contributed by atoms with Crippen molar-refractivity contribution in [3.63, 3.8) is 0 Å². The number of allylic oxidation sites excluding steroid dienone is 1. The van der Waals surface area contributed by atoms with E-state index >= 15 is 0 Å². The molecule has 0 unspecified atom stereocenters. The smallest absolute Gasteiger partial charge is 0.126 e. The second-order valence-corrected chi connectivity index (χ2v) is 6.56. The van der Waals surface area contributed by atoms with Gasteiger partial charge in [-0.3, -0.25) is 0 Å². The zero-order valence-corrected chi connectivity index (χ0v) is 17.5. The second kappa shape index (κ2) is 11.8. The lowest BCUT2D eigenvalue weighted by atomic mass is 9.89. The summed E-state index contributed by atoms with van der Waals surface area (Å²) in [7, 11) is 0. The number of hydrogen-bond donors (Lipinski definition) is 1. The SMILES string of the molecule is CC.CC(C)=O.CCc1cc(C=N)c(/C=C(\C)C2CC2)c(C)c1CC. The van der Waals surface area contributed by atoms with Gasteiger partial charge in [0.1, 0.15) is 5.78 Å². The van der Waals surface area contributed by atoms with Crippen LogP contribution in [0.4, 0.5) is 0 Å². The number of aryl methyl sites for hydroxylation is 1. The minimum absolute atomic E-state index is 0.167. The van der Waals surface area contributed by atoms with Gasteiger partial charge in [0.15, 0.2) is 0 Å². The molecule has 1 saturated carbocycles. The molecule has 0 bridgehead atoms. The van der Waals surface area contributed by atoms with Crippen molar-refractivity contribution >= 4 is 18.1 Å². The summed E-state index contributed by atoms with van der Waals surface area (Å²) in [6, 6.07) is 2.21. The number of nitrogens with one attached hydrogen (secondary N) is 1. The van der Waals surface area contributed by atoms with Crippen LogP contribution < -0.4 is 0 Å². The maximum Gasteiger partial charge on any atom is 0.126 e. The van der Waals surface area contributed by atoms with Crippen LogP contribution >= 0.6 is 0 Å². The largest absolute Gasteiger partial charge is 0.308 e. The van der Waals surface area contributed by atoms with Crippen molar-refractivity contribution in [2.45, 2.75) is 81.1 Å². The molecule has 1 aromatic rings. The van der Waals surface area contributed by atoms with Gasteiger partial charge < -0.3 is 10.2 Å². The van der Waals surface area contributed by atoms with Gasteiger partial charge in [0.05, 0.1) is 0 Å². The highest BCUT2D eigenvalue weighted by molar-refractivity contribution is 5.86. The number of carbonyl (C=O) groups is 1. The van der Waals surface area contributed by atoms with Gasteiger partial charge in [-0.25, -0.2) is 0 Å². The number of benzene rings is 1. The predicted octanol–water partition coefficient (Wildman–Crippen LogP) is 6.55. The monoisotopic (exact) mass is 343 g/mol. The van der Waals surface area contributed by atoms with Gasteiger partial charge in [-0.1, -0.05) is 39.3 Å². The van der Waals surface area contributed by atoms with E-state index in [1.807, 2.05) is 13.8 Å². The maximum atomic E-state index is 9.44. The first-order valence-corrected chi connectivity index (χ1v) is 9.66. The Morgan fingerprint density at radius 3 is 2.04 bits per heavy atom. The Morgan fingerprint density at radius 1 is 1.16 bits per heavy atom. The van der Waals surface area contributed by atoms with Gasteiger partial charge >= 0.3 is 0 Å². The van der Waals surface area contributed by atoms with E-state index in [2.05, 4.69) is 39.8 Å². The van der Waals surface area contributed by atoms with Crippen LogP contribution in [0.15, 0.2) is 11.6 Å². The quantitative estimate of drug-likeness (QED) is 0.605. The molecule has 0 saturated heterocycles. The fourth-order valence-corrected chi connectivity index (χ4v) is 2.98. The lowest BCUT2D eigenvalue weighted by molar-refractivity contribution is -0.114. The topological polar surface area (TPSA) is 40.9 Å². The molecular formula is C23H37NO. The molecule has 0 amide bonds. The molecule has 1 fully saturated rings. The number of Topliss-reactive ketones (excluding diaryl/α,β-unsaturated/α-hetero) is 1. The van der Waals surface area contributed by atoms with E-state index in [9.17, 15) is 4.79 Å². The summed E-state index contributed by atoms with van der Waals surface area (Å²) in [5.74, 6) is 0.967. The van der Waals surface area contributed by atoms with Crippen LogP contribution in [0.1, 0.15) is 89.1 Å². The number of hydrogen-bond acceptors (Lipinski definition) is 2. The molecule has 25 heavy (non-hydrogen) atoms. The summed E-state index contributed by atoms with van der Waals surface area (Å²) in [6.45, 7) is 15.9. The van der Waals surface area contributed by atoms with Crippen molar-refractivity contribution in [1.29, 1.82) is 5.41 Å². The van der Waals surface area contributed by atoms with Crippen molar-refractivity contribution in [1.82, 2.24) is 0 Å². The summed E-state index contributed by atoms with van der Waals surface area (Å²) in [4.78, 5) is 9.44. The van der Waals surface area contributed by atoms with E-state index in [-0.39, 0.29) is 5.78 Å². The molecule has 2 heteroatoms. The van der Waals surface area contributed by atoms with Gasteiger partial charge in [-0.05, 0) is 93.2 Å². The first-order chi connectivity index (χ1) is 11.8. The Kier molecular flexibility index (Phi) is 11.0. The lowest BCUT2D eigenvalue weighted by Crippen LogP contribution is -2.02. The third kappa shape index (κ3) is 7.37. The highest BCUT2D eigenvalue weighted by Crippen LogP contribution is 2.38. The van der Waals surface area contributed by atoms with Gasteiger partial charge in [-0.15, -0.1) is 0 Å². The van der Waals surface area contributed by atoms with Crippen LogP contribution in [0.2, 0.25) is 0 Å². The number of carbonyl (C=O) groups excluding carboxylic acids is 1. The van der Waals surface area contributed by atoms with E-state index in [1.54, 1.807) is 0 Å². The fourth-order valence-electron chi connectivity index (χ4n) is 2.98. The normalized spacial score (nSPS) is 13.2. The van der Waals surface area contributed by atoms with E-state index in [0.29, 0.717) is 0 Å². The molecule has 1 aliphatic carbocycles. The maximum absolute atomic E-state index is 9.44. The molecule has 2 nitrogen and oxygen atoms in total. The van der Waals surface area contributed by atoms with Crippen LogP contribution in [0.3, 0.4) is 0 Å². The van der Waals surface area contributed by atoms with Crippen LogP contribution in [0.25, 0.3) is 6.08 Å².